The van der Waals surface area contributed by atoms with Crippen molar-refractivity contribution in [3.8, 4) is 0 Å². The molecule has 5 atom stereocenters. The van der Waals surface area contributed by atoms with E-state index in [4.69, 9.17) is 14.6 Å². The zero-order valence-electron chi connectivity index (χ0n) is 20.4. The Labute approximate surface area is 200 Å². The molecular formula is C26H36O8. The van der Waals surface area contributed by atoms with E-state index in [0.29, 0.717) is 5.57 Å². The van der Waals surface area contributed by atoms with Crippen LogP contribution in [-0.2, 0) is 19.1 Å². The van der Waals surface area contributed by atoms with Gasteiger partial charge in [0.2, 0.25) is 6.29 Å². The first kappa shape index (κ1) is 27.7. The zero-order valence-corrected chi connectivity index (χ0v) is 20.4. The number of ether oxygens (including phenoxy) is 2. The lowest BCUT2D eigenvalue weighted by atomic mass is 9.72. The molecule has 8 nitrogen and oxygen atoms in total. The van der Waals surface area contributed by atoms with Crippen LogP contribution in [0, 0.1) is 5.41 Å². The van der Waals surface area contributed by atoms with Crippen LogP contribution in [0.25, 0.3) is 0 Å². The normalized spacial score (nSPS) is 30.8. The average Bonchev–Trinajstić information content (AvgIpc) is 2.73. The summed E-state index contributed by atoms with van der Waals surface area (Å²) in [4.78, 5) is 23.3. The molecule has 188 valence electrons. The van der Waals surface area contributed by atoms with Crippen LogP contribution in [0.15, 0.2) is 58.7 Å². The van der Waals surface area contributed by atoms with E-state index in [1.807, 2.05) is 13.0 Å². The summed E-state index contributed by atoms with van der Waals surface area (Å²) in [6.45, 7) is 10.4. The largest absolute Gasteiger partial charge is 0.479 e. The van der Waals surface area contributed by atoms with Gasteiger partial charge in [0.05, 0.1) is 0 Å². The fourth-order valence-corrected chi connectivity index (χ4v) is 4.16. The molecule has 0 amide bonds. The molecule has 2 rings (SSSR count). The van der Waals surface area contributed by atoms with Crippen LogP contribution in [0.3, 0.4) is 0 Å². The number of allylic oxidation sites excluding steroid dienone is 9. The maximum Gasteiger partial charge on any atom is 0.335 e. The summed E-state index contributed by atoms with van der Waals surface area (Å²) in [6, 6.07) is 0. The highest BCUT2D eigenvalue weighted by atomic mass is 16.7. The van der Waals surface area contributed by atoms with Gasteiger partial charge in [0.1, 0.15) is 18.3 Å². The summed E-state index contributed by atoms with van der Waals surface area (Å²) in [5.41, 5.74) is 4.56. The Morgan fingerprint density at radius 2 is 1.74 bits per heavy atom. The van der Waals surface area contributed by atoms with E-state index >= 15 is 0 Å². The van der Waals surface area contributed by atoms with Crippen molar-refractivity contribution in [1.29, 1.82) is 0 Å². The van der Waals surface area contributed by atoms with Crippen molar-refractivity contribution in [3.63, 3.8) is 0 Å². The van der Waals surface area contributed by atoms with Crippen LogP contribution in [0.1, 0.15) is 53.9 Å². The number of hydrogen-bond acceptors (Lipinski definition) is 7. The van der Waals surface area contributed by atoms with Gasteiger partial charge >= 0.3 is 11.9 Å². The van der Waals surface area contributed by atoms with Gasteiger partial charge in [-0.15, -0.1) is 0 Å². The third-order valence-corrected chi connectivity index (χ3v) is 6.16. The first-order chi connectivity index (χ1) is 15.8. The monoisotopic (exact) mass is 476 g/mol. The predicted octanol–water partition coefficient (Wildman–Crippen LogP) is 2.95. The molecule has 0 aromatic rings. The van der Waals surface area contributed by atoms with Crippen molar-refractivity contribution in [1.82, 2.24) is 0 Å². The minimum Gasteiger partial charge on any atom is -0.479 e. The highest BCUT2D eigenvalue weighted by Gasteiger charge is 2.48. The molecule has 0 radical (unpaired) electrons. The standard InChI is InChI=1S/C26H36O8/c1-15(11-12-18-17(3)10-7-13-26(18,4)5)8-6-9-16(2)14-19(27)33-25-22(30)20(28)21(29)23(34-25)24(31)32/h6,8-9,11-12,14,20-23,25,28-30H,7,10,13H2,1-5H3,(H,31,32)/b9-6+,12-11+,15-8-,16-14-/t20-,21+,22-,23?,25-/m1/s1. The molecule has 1 heterocycles. The van der Waals surface area contributed by atoms with Crippen LogP contribution in [0.4, 0.5) is 0 Å². The van der Waals surface area contributed by atoms with E-state index in [-0.39, 0.29) is 5.41 Å². The smallest absolute Gasteiger partial charge is 0.335 e. The van der Waals surface area contributed by atoms with Crippen molar-refractivity contribution >= 4 is 11.9 Å². The van der Waals surface area contributed by atoms with E-state index in [0.717, 1.165) is 18.1 Å². The van der Waals surface area contributed by atoms with E-state index < -0.39 is 42.6 Å². The van der Waals surface area contributed by atoms with Gasteiger partial charge in [-0.1, -0.05) is 55.4 Å². The van der Waals surface area contributed by atoms with Crippen molar-refractivity contribution in [3.05, 3.63) is 58.7 Å². The number of carbonyl (C=O) groups is 2. The lowest BCUT2D eigenvalue weighted by Gasteiger charge is -2.37. The molecular weight excluding hydrogens is 440 g/mol. The lowest BCUT2D eigenvalue weighted by Crippen LogP contribution is -2.60. The molecule has 1 unspecified atom stereocenters. The van der Waals surface area contributed by atoms with Crippen molar-refractivity contribution in [2.75, 3.05) is 0 Å². The number of aliphatic hydroxyl groups is 3. The van der Waals surface area contributed by atoms with E-state index in [1.165, 1.54) is 24.0 Å². The summed E-state index contributed by atoms with van der Waals surface area (Å²) < 4.78 is 9.88. The maximum absolute atomic E-state index is 12.2. The van der Waals surface area contributed by atoms with Crippen LogP contribution < -0.4 is 0 Å². The quantitative estimate of drug-likeness (QED) is 0.250. The molecule has 0 saturated carbocycles. The Hall–Kier alpha value is -2.52. The number of carbonyl (C=O) groups excluding carboxylic acids is 1. The van der Waals surface area contributed by atoms with Gasteiger partial charge in [-0.2, -0.15) is 0 Å². The fourth-order valence-electron chi connectivity index (χ4n) is 4.16. The van der Waals surface area contributed by atoms with Crippen molar-refractivity contribution in [2.24, 2.45) is 5.41 Å². The minimum absolute atomic E-state index is 0.170. The number of aliphatic carboxylic acids is 1. The van der Waals surface area contributed by atoms with Gasteiger partial charge in [0.25, 0.3) is 0 Å². The van der Waals surface area contributed by atoms with Gasteiger partial charge in [0, 0.05) is 6.08 Å². The van der Waals surface area contributed by atoms with Gasteiger partial charge in [-0.25, -0.2) is 9.59 Å². The number of aliphatic hydroxyl groups excluding tert-OH is 3. The van der Waals surface area contributed by atoms with E-state index in [2.05, 4.69) is 32.9 Å². The topological polar surface area (TPSA) is 134 Å². The molecule has 0 bridgehead atoms. The lowest BCUT2D eigenvalue weighted by molar-refractivity contribution is -0.284. The summed E-state index contributed by atoms with van der Waals surface area (Å²) >= 11 is 0. The molecule has 34 heavy (non-hydrogen) atoms. The van der Waals surface area contributed by atoms with Gasteiger partial charge in [0.15, 0.2) is 6.10 Å². The van der Waals surface area contributed by atoms with Gasteiger partial charge < -0.3 is 29.9 Å². The second kappa shape index (κ2) is 11.8. The maximum atomic E-state index is 12.2. The third kappa shape index (κ3) is 7.24. The molecule has 1 aliphatic carbocycles. The van der Waals surface area contributed by atoms with Crippen LogP contribution in [-0.4, -0.2) is 63.1 Å². The molecule has 2 aliphatic rings. The summed E-state index contributed by atoms with van der Waals surface area (Å²) in [5.74, 6) is -2.44. The molecule has 0 spiro atoms. The van der Waals surface area contributed by atoms with Crippen LogP contribution >= 0.6 is 0 Å². The second-order valence-electron chi connectivity index (χ2n) is 9.59. The van der Waals surface area contributed by atoms with Gasteiger partial charge in [-0.3, -0.25) is 0 Å². The Balaban J connectivity index is 1.98. The molecule has 1 aliphatic heterocycles. The molecule has 0 aromatic heterocycles. The first-order valence-corrected chi connectivity index (χ1v) is 11.4. The highest BCUT2D eigenvalue weighted by molar-refractivity contribution is 5.83. The Morgan fingerprint density at radius 3 is 2.35 bits per heavy atom. The van der Waals surface area contributed by atoms with Crippen molar-refractivity contribution in [2.45, 2.75) is 84.6 Å². The Morgan fingerprint density at radius 1 is 1.06 bits per heavy atom. The zero-order chi connectivity index (χ0) is 25.6. The van der Waals surface area contributed by atoms with Crippen molar-refractivity contribution < 1.29 is 39.5 Å². The summed E-state index contributed by atoms with van der Waals surface area (Å²) in [6.07, 6.45) is 5.29. The number of carboxylic acids is 1. The van der Waals surface area contributed by atoms with Crippen LogP contribution in [0.2, 0.25) is 0 Å². The third-order valence-electron chi connectivity index (χ3n) is 6.16. The Kier molecular flexibility index (Phi) is 9.58. The Bertz CT molecular complexity index is 921. The highest BCUT2D eigenvalue weighted by Crippen LogP contribution is 2.40. The molecule has 1 saturated heterocycles. The SMILES string of the molecule is CC1=C(/C=C/C(C)=C\C=C\C(C)=C/C(=O)O[C@@H]2OC(C(=O)O)[C@@H](O)[C@@H](O)[C@H]2O)C(C)(C)CCC1. The van der Waals surface area contributed by atoms with Gasteiger partial charge in [-0.05, 0) is 56.6 Å². The summed E-state index contributed by atoms with van der Waals surface area (Å²) in [5, 5.41) is 38.5. The second-order valence-corrected chi connectivity index (χ2v) is 9.59. The predicted molar refractivity (Wildman–Crippen MR) is 127 cm³/mol. The fraction of sp³-hybridized carbons (Fsp3) is 0.538. The van der Waals surface area contributed by atoms with Crippen LogP contribution in [0.5, 0.6) is 0 Å². The number of esters is 1. The number of rotatable bonds is 7. The molecule has 0 aromatic carbocycles. The minimum atomic E-state index is -1.85. The first-order valence-electron chi connectivity index (χ1n) is 11.4. The van der Waals surface area contributed by atoms with E-state index in [9.17, 15) is 24.9 Å². The van der Waals surface area contributed by atoms with E-state index in [1.54, 1.807) is 19.1 Å². The number of carboxylic acid groups (broad SMARTS) is 1. The molecule has 1 fully saturated rings. The molecule has 8 heteroatoms. The summed E-state index contributed by atoms with van der Waals surface area (Å²) in [7, 11) is 0. The number of hydrogen-bond donors (Lipinski definition) is 4. The molecule has 4 N–H and O–H groups in total. The average molecular weight is 477 g/mol.